The number of nitrogens with zero attached hydrogens (tertiary/aromatic N) is 3. The van der Waals surface area contributed by atoms with E-state index in [1.165, 1.54) is 18.3 Å². The Labute approximate surface area is 85.7 Å². The molecule has 0 radical (unpaired) electrons. The van der Waals surface area contributed by atoms with E-state index >= 15 is 0 Å². The van der Waals surface area contributed by atoms with Crippen LogP contribution in [0.25, 0.3) is 0 Å². The molecule has 0 aromatic carbocycles. The van der Waals surface area contributed by atoms with Gasteiger partial charge in [-0.05, 0) is 22.0 Å². The molecule has 1 aromatic rings. The predicted octanol–water partition coefficient (Wildman–Crippen LogP) is 0.586. The molecular formula is C9H7N3O3. The zero-order valence-corrected chi connectivity index (χ0v) is 7.66. The number of nitro groups is 1. The number of pyridine rings is 1. The second kappa shape index (κ2) is 4.72. The maximum atomic E-state index is 10.7. The van der Waals surface area contributed by atoms with E-state index in [1.807, 2.05) is 0 Å². The zero-order chi connectivity index (χ0) is 11.3. The van der Waals surface area contributed by atoms with Gasteiger partial charge in [0.1, 0.15) is 11.9 Å². The van der Waals surface area contributed by atoms with Crippen molar-refractivity contribution in [1.29, 1.82) is 0 Å². The Balaban J connectivity index is 3.17. The predicted molar refractivity (Wildman–Crippen MR) is 53.1 cm³/mol. The molecule has 6 nitrogen and oxygen atoms in total. The summed E-state index contributed by atoms with van der Waals surface area (Å²) in [7, 11) is 0. The third-order valence-electron chi connectivity index (χ3n) is 1.64. The molecule has 1 aromatic heterocycles. The van der Waals surface area contributed by atoms with E-state index in [-0.39, 0.29) is 18.1 Å². The van der Waals surface area contributed by atoms with Gasteiger partial charge >= 0.3 is 5.82 Å². The van der Waals surface area contributed by atoms with Crippen LogP contribution in [0.4, 0.5) is 11.5 Å². The molecule has 0 unspecified atom stereocenters. The molecule has 0 spiro atoms. The molecule has 0 aliphatic carbocycles. The van der Waals surface area contributed by atoms with Gasteiger partial charge in [-0.2, -0.15) is 0 Å². The van der Waals surface area contributed by atoms with Crippen LogP contribution in [0.1, 0.15) is 0 Å². The molecule has 1 amide bonds. The highest BCUT2D eigenvalue weighted by Gasteiger charge is 2.18. The molecule has 0 aliphatic rings. The molecule has 0 fully saturated rings. The van der Waals surface area contributed by atoms with E-state index in [2.05, 4.69) is 10.9 Å². The largest absolute Gasteiger partial charge is 0.387 e. The van der Waals surface area contributed by atoms with Crippen molar-refractivity contribution in [2.75, 3.05) is 11.4 Å². The molecule has 1 heterocycles. The highest BCUT2D eigenvalue weighted by atomic mass is 16.6. The molecule has 0 N–H and O–H groups in total. The first kappa shape index (κ1) is 10.7. The van der Waals surface area contributed by atoms with Gasteiger partial charge in [-0.3, -0.25) is 9.69 Å². The molecule has 0 saturated carbocycles. The Kier molecular flexibility index (Phi) is 3.35. The molecule has 76 valence electrons. The summed E-state index contributed by atoms with van der Waals surface area (Å²) in [5, 5.41) is 10.6. The molecule has 1 rings (SSSR count). The fourth-order valence-corrected chi connectivity index (χ4v) is 1.03. The monoisotopic (exact) mass is 205 g/mol. The van der Waals surface area contributed by atoms with Gasteiger partial charge in [-0.1, -0.05) is 5.92 Å². The number of terminal acetylenes is 1. The van der Waals surface area contributed by atoms with Crippen molar-refractivity contribution < 1.29 is 9.72 Å². The van der Waals surface area contributed by atoms with E-state index in [0.717, 1.165) is 4.90 Å². The molecule has 0 atom stereocenters. The number of hydrogen-bond acceptors (Lipinski definition) is 4. The first-order valence-corrected chi connectivity index (χ1v) is 3.95. The second-order valence-electron chi connectivity index (χ2n) is 2.54. The summed E-state index contributed by atoms with van der Waals surface area (Å²) in [6.45, 7) is -0.0317. The highest BCUT2D eigenvalue weighted by Crippen LogP contribution is 2.23. The number of hydrogen-bond donors (Lipinski definition) is 0. The maximum absolute atomic E-state index is 10.7. The van der Waals surface area contributed by atoms with Gasteiger partial charge in [0.25, 0.3) is 0 Å². The summed E-state index contributed by atoms with van der Waals surface area (Å²) in [5.41, 5.74) is 0.0930. The molecule has 0 bridgehead atoms. The van der Waals surface area contributed by atoms with Gasteiger partial charge in [0.15, 0.2) is 0 Å². The zero-order valence-electron chi connectivity index (χ0n) is 7.66. The summed E-state index contributed by atoms with van der Waals surface area (Å²) >= 11 is 0. The Morgan fingerprint density at radius 3 is 3.00 bits per heavy atom. The minimum Gasteiger partial charge on any atom is -0.358 e. The normalized spacial score (nSPS) is 9.00. The van der Waals surface area contributed by atoms with Crippen LogP contribution in [-0.4, -0.2) is 22.9 Å². The van der Waals surface area contributed by atoms with E-state index in [0.29, 0.717) is 6.41 Å². The number of carbonyl (C=O) groups excluding carboxylic acids is 1. The number of rotatable bonds is 4. The average molecular weight is 205 g/mol. The average Bonchev–Trinajstić information content (AvgIpc) is 2.26. The quantitative estimate of drug-likeness (QED) is 0.312. The van der Waals surface area contributed by atoms with Crippen LogP contribution in [0.5, 0.6) is 0 Å². The first-order valence-electron chi connectivity index (χ1n) is 3.95. The summed E-state index contributed by atoms with van der Waals surface area (Å²) in [6.07, 6.45) is 6.74. The van der Waals surface area contributed by atoms with Crippen molar-refractivity contribution >= 4 is 17.9 Å². The van der Waals surface area contributed by atoms with Crippen LogP contribution in [0.15, 0.2) is 18.3 Å². The fraction of sp³-hybridized carbons (Fsp3) is 0.111. The SMILES string of the molecule is C#CCN(C=O)c1cccnc1[N+](=O)[O-]. The lowest BCUT2D eigenvalue weighted by Crippen LogP contribution is -2.22. The van der Waals surface area contributed by atoms with Crippen LogP contribution in [0.2, 0.25) is 0 Å². The number of anilines is 1. The van der Waals surface area contributed by atoms with Crippen molar-refractivity contribution in [1.82, 2.24) is 4.98 Å². The Morgan fingerprint density at radius 2 is 2.47 bits per heavy atom. The van der Waals surface area contributed by atoms with Gasteiger partial charge in [-0.15, -0.1) is 6.42 Å². The third kappa shape index (κ3) is 2.28. The topological polar surface area (TPSA) is 76.3 Å². The lowest BCUT2D eigenvalue weighted by Gasteiger charge is -2.12. The first-order chi connectivity index (χ1) is 7.20. The van der Waals surface area contributed by atoms with Crippen LogP contribution < -0.4 is 4.90 Å². The fourth-order valence-electron chi connectivity index (χ4n) is 1.03. The van der Waals surface area contributed by atoms with E-state index in [1.54, 1.807) is 0 Å². The van der Waals surface area contributed by atoms with Crippen LogP contribution in [0.3, 0.4) is 0 Å². The minimum absolute atomic E-state index is 0.0317. The van der Waals surface area contributed by atoms with Gasteiger partial charge in [0.2, 0.25) is 6.41 Å². The van der Waals surface area contributed by atoms with Crippen LogP contribution >= 0.6 is 0 Å². The van der Waals surface area contributed by atoms with E-state index in [4.69, 9.17) is 6.42 Å². The number of amides is 1. The maximum Gasteiger partial charge on any atom is 0.387 e. The summed E-state index contributed by atoms with van der Waals surface area (Å²) in [5.74, 6) is 1.84. The molecule has 6 heteroatoms. The summed E-state index contributed by atoms with van der Waals surface area (Å²) < 4.78 is 0. The molecule has 15 heavy (non-hydrogen) atoms. The van der Waals surface area contributed by atoms with Gasteiger partial charge in [-0.25, -0.2) is 0 Å². The summed E-state index contributed by atoms with van der Waals surface area (Å²) in [4.78, 5) is 25.2. The Bertz CT molecular complexity index is 425. The van der Waals surface area contributed by atoms with Crippen molar-refractivity contribution in [2.24, 2.45) is 0 Å². The third-order valence-corrected chi connectivity index (χ3v) is 1.64. The highest BCUT2D eigenvalue weighted by molar-refractivity contribution is 5.79. The summed E-state index contributed by atoms with van der Waals surface area (Å²) in [6, 6.07) is 2.91. The van der Waals surface area contributed by atoms with Gasteiger partial charge < -0.3 is 10.1 Å². The van der Waals surface area contributed by atoms with Gasteiger partial charge in [0, 0.05) is 0 Å². The molecule has 0 saturated heterocycles. The van der Waals surface area contributed by atoms with Crippen molar-refractivity contribution in [3.05, 3.63) is 28.4 Å². The standard InChI is InChI=1S/C9H7N3O3/c1-2-6-11(7-13)8-4-3-5-10-9(8)12(14)15/h1,3-5,7H,6H2. The minimum atomic E-state index is -0.664. The van der Waals surface area contributed by atoms with E-state index < -0.39 is 4.92 Å². The van der Waals surface area contributed by atoms with Crippen molar-refractivity contribution in [3.63, 3.8) is 0 Å². The van der Waals surface area contributed by atoms with Crippen molar-refractivity contribution in [3.8, 4) is 12.3 Å². The lowest BCUT2D eigenvalue weighted by atomic mass is 10.3. The van der Waals surface area contributed by atoms with Crippen LogP contribution in [0, 0.1) is 22.5 Å². The van der Waals surface area contributed by atoms with Crippen LogP contribution in [-0.2, 0) is 4.79 Å². The van der Waals surface area contributed by atoms with E-state index in [9.17, 15) is 14.9 Å². The van der Waals surface area contributed by atoms with Crippen molar-refractivity contribution in [2.45, 2.75) is 0 Å². The molecular weight excluding hydrogens is 198 g/mol. The Hall–Kier alpha value is -2.42. The second-order valence-corrected chi connectivity index (χ2v) is 2.54. The van der Waals surface area contributed by atoms with Gasteiger partial charge in [0.05, 0.1) is 6.54 Å². The Morgan fingerprint density at radius 1 is 1.73 bits per heavy atom. The lowest BCUT2D eigenvalue weighted by molar-refractivity contribution is -0.388. The number of carbonyl (C=O) groups is 1. The molecule has 0 aliphatic heterocycles. The smallest absolute Gasteiger partial charge is 0.358 e. The number of aromatic nitrogens is 1.